The van der Waals surface area contributed by atoms with Gasteiger partial charge in [-0.25, -0.2) is 0 Å². The number of benzene rings is 2. The van der Waals surface area contributed by atoms with Crippen LogP contribution in [0.5, 0.6) is 0 Å². The molecule has 36 heavy (non-hydrogen) atoms. The van der Waals surface area contributed by atoms with Gasteiger partial charge in [-0.1, -0.05) is 58.4 Å². The van der Waals surface area contributed by atoms with E-state index in [1.807, 2.05) is 60.0 Å². The number of amides is 1. The van der Waals surface area contributed by atoms with Crippen molar-refractivity contribution in [3.8, 4) is 0 Å². The first-order valence-electron chi connectivity index (χ1n) is 12.9. The molecule has 2 N–H and O–H groups in total. The monoisotopic (exact) mass is 488 g/mol. The number of aliphatic hydroxyl groups is 1. The van der Waals surface area contributed by atoms with E-state index in [1.165, 1.54) is 12.0 Å². The number of fused-ring (bicyclic) bond motifs is 1. The average Bonchev–Trinajstić information content (AvgIpc) is 3.33. The number of carbonyl (C=O) groups excluding carboxylic acids is 1. The predicted octanol–water partition coefficient (Wildman–Crippen LogP) is 6.30. The molecule has 0 bridgehead atoms. The van der Waals surface area contributed by atoms with E-state index in [0.29, 0.717) is 12.5 Å². The summed E-state index contributed by atoms with van der Waals surface area (Å²) in [5.74, 6) is 0.372. The summed E-state index contributed by atoms with van der Waals surface area (Å²) in [6.07, 6.45) is 8.05. The highest BCUT2D eigenvalue weighted by atomic mass is 16.3. The van der Waals surface area contributed by atoms with Gasteiger partial charge in [0.1, 0.15) is 6.54 Å². The van der Waals surface area contributed by atoms with Gasteiger partial charge in [-0.3, -0.25) is 9.78 Å². The number of anilines is 1. The van der Waals surface area contributed by atoms with Crippen molar-refractivity contribution in [2.24, 2.45) is 0 Å². The van der Waals surface area contributed by atoms with Gasteiger partial charge < -0.3 is 19.9 Å². The molecule has 2 atom stereocenters. The molecule has 1 aliphatic heterocycles. The second kappa shape index (κ2) is 10.3. The Bertz CT molecular complexity index is 1400. The molecule has 2 aromatic heterocycles. The van der Waals surface area contributed by atoms with Crippen molar-refractivity contribution in [1.82, 2.24) is 14.9 Å². The summed E-state index contributed by atoms with van der Waals surface area (Å²) in [4.78, 5) is 19.1. The molecule has 5 rings (SSSR count). The lowest BCUT2D eigenvalue weighted by Gasteiger charge is -2.29. The van der Waals surface area contributed by atoms with E-state index in [9.17, 15) is 9.90 Å². The van der Waals surface area contributed by atoms with Crippen molar-refractivity contribution in [2.45, 2.75) is 72.2 Å². The summed E-state index contributed by atoms with van der Waals surface area (Å²) in [5, 5.41) is 17.3. The van der Waals surface area contributed by atoms with Crippen LogP contribution in [0.1, 0.15) is 71.5 Å². The average molecular weight is 489 g/mol. The zero-order valence-electron chi connectivity index (χ0n) is 22.3. The van der Waals surface area contributed by atoms with Crippen molar-refractivity contribution < 1.29 is 11.3 Å². The molecule has 1 aliphatic rings. The zero-order chi connectivity index (χ0) is 26.0. The molecule has 0 radical (unpaired) electrons. The van der Waals surface area contributed by atoms with Crippen LogP contribution in [0.3, 0.4) is 0 Å². The van der Waals surface area contributed by atoms with Gasteiger partial charge in [0.25, 0.3) is 0 Å². The van der Waals surface area contributed by atoms with Gasteiger partial charge in [0.15, 0.2) is 5.72 Å². The van der Waals surface area contributed by atoms with Crippen LogP contribution in [-0.4, -0.2) is 27.6 Å². The first-order chi connectivity index (χ1) is 17.2. The zero-order valence-corrected chi connectivity index (χ0v) is 22.3. The number of rotatable bonds is 6. The van der Waals surface area contributed by atoms with Gasteiger partial charge >= 0.3 is 0 Å². The lowest BCUT2D eigenvalue weighted by atomic mass is 9.97. The van der Waals surface area contributed by atoms with Crippen LogP contribution in [0.15, 0.2) is 55.0 Å². The van der Waals surface area contributed by atoms with E-state index in [4.69, 9.17) is 0 Å². The number of aromatic nitrogens is 2. The second-order valence-corrected chi connectivity index (χ2v) is 9.95. The van der Waals surface area contributed by atoms with E-state index < -0.39 is 5.72 Å². The molecular weight excluding hydrogens is 448 g/mol. The molecule has 0 saturated heterocycles. The van der Waals surface area contributed by atoms with Gasteiger partial charge in [-0.2, -0.15) is 0 Å². The largest absolute Gasteiger partial charge is 0.367 e. The van der Waals surface area contributed by atoms with Gasteiger partial charge in [0.05, 0.1) is 5.52 Å². The number of pyridine rings is 1. The maximum absolute atomic E-state index is 12.9. The first kappa shape index (κ1) is 25.7. The predicted molar refractivity (Wildman–Crippen MR) is 150 cm³/mol. The van der Waals surface area contributed by atoms with Crippen LogP contribution in [0.25, 0.3) is 21.7 Å². The smallest absolute Gasteiger partial charge is 0.240 e. The molecule has 0 fully saturated rings. The third-order valence-corrected chi connectivity index (χ3v) is 7.28. The lowest BCUT2D eigenvalue weighted by molar-refractivity contribution is -0.121. The first-order valence-corrected chi connectivity index (χ1v) is 12.9. The number of hydrogen-bond acceptors (Lipinski definition) is 4. The third-order valence-electron chi connectivity index (χ3n) is 7.28. The maximum Gasteiger partial charge on any atom is 0.240 e. The Hall–Kier alpha value is -3.38. The molecule has 0 saturated carbocycles. The summed E-state index contributed by atoms with van der Waals surface area (Å²) in [6, 6.07) is 12.0. The Morgan fingerprint density at radius 3 is 2.64 bits per heavy atom. The number of nitrogens with one attached hydrogen (secondary N) is 1. The summed E-state index contributed by atoms with van der Waals surface area (Å²) in [6.45, 7) is 11.1. The summed E-state index contributed by atoms with van der Waals surface area (Å²) in [5.41, 5.74) is 4.17. The van der Waals surface area contributed by atoms with Crippen LogP contribution in [0, 0.1) is 0 Å². The Morgan fingerprint density at radius 2 is 1.92 bits per heavy atom. The van der Waals surface area contributed by atoms with E-state index in [2.05, 4.69) is 50.3 Å². The fourth-order valence-electron chi connectivity index (χ4n) is 5.01. The lowest BCUT2D eigenvalue weighted by Crippen LogP contribution is -2.37. The van der Waals surface area contributed by atoms with Crippen molar-refractivity contribution >= 4 is 33.3 Å². The highest BCUT2D eigenvalue weighted by Crippen LogP contribution is 2.46. The Kier molecular flexibility index (Phi) is 7.36. The van der Waals surface area contributed by atoms with Gasteiger partial charge in [0.2, 0.25) is 5.91 Å². The molecule has 0 aliphatic carbocycles. The summed E-state index contributed by atoms with van der Waals surface area (Å²) >= 11 is 0. The minimum atomic E-state index is -1.04. The normalized spacial score (nSPS) is 17.2. The summed E-state index contributed by atoms with van der Waals surface area (Å²) in [7, 11) is 1.90. The minimum Gasteiger partial charge on any atom is -0.367 e. The highest BCUT2D eigenvalue weighted by Gasteiger charge is 2.38. The molecule has 3 heterocycles. The topological polar surface area (TPSA) is 70.4 Å². The van der Waals surface area contributed by atoms with Crippen LogP contribution in [0.4, 0.5) is 5.69 Å². The molecule has 6 nitrogen and oxygen atoms in total. The van der Waals surface area contributed by atoms with Gasteiger partial charge in [-0.05, 0) is 47.9 Å². The highest BCUT2D eigenvalue weighted by molar-refractivity contribution is 6.02. The molecule has 0 spiro atoms. The van der Waals surface area contributed by atoms with Crippen molar-refractivity contribution in [3.63, 3.8) is 0 Å². The maximum atomic E-state index is 12.9. The molecule has 2 aromatic carbocycles. The Balaban J connectivity index is 0.000000908. The quantitative estimate of drug-likeness (QED) is 0.334. The van der Waals surface area contributed by atoms with E-state index in [1.54, 1.807) is 6.20 Å². The summed E-state index contributed by atoms with van der Waals surface area (Å²) < 4.78 is 2.02. The van der Waals surface area contributed by atoms with Crippen molar-refractivity contribution in [1.29, 1.82) is 0 Å². The standard InChI is InChI=1S/C27H30N4O2.C3H8.H2/c1-5-17(2)21-15-31(23-11-12-28-14-20(21)23)16-25(32)29-13-18-9-10-24-26-19(18)7-6-8-22(26)27(3,33)30(24)4;1-3-2;/h6-12,14-15,17,33H,5,13,16H2,1-4H3,(H,29,32);3H2,1-2H3;1H. The molecule has 6 heteroatoms. The molecule has 4 aromatic rings. The van der Waals surface area contributed by atoms with E-state index in [0.717, 1.165) is 44.9 Å². The molecule has 2 unspecified atom stereocenters. The van der Waals surface area contributed by atoms with Crippen LogP contribution >= 0.6 is 0 Å². The molecular formula is C30H40N4O2. The Labute approximate surface area is 215 Å². The second-order valence-electron chi connectivity index (χ2n) is 9.95. The Morgan fingerprint density at radius 1 is 1.17 bits per heavy atom. The van der Waals surface area contributed by atoms with Crippen LogP contribution in [-0.2, 0) is 23.6 Å². The van der Waals surface area contributed by atoms with E-state index >= 15 is 0 Å². The fraction of sp³-hybridized carbons (Fsp3) is 0.400. The molecule has 192 valence electrons. The fourth-order valence-corrected chi connectivity index (χ4v) is 5.01. The minimum absolute atomic E-state index is 0. The number of hydrogen-bond donors (Lipinski definition) is 2. The molecule has 1 amide bonds. The van der Waals surface area contributed by atoms with E-state index in [-0.39, 0.29) is 13.9 Å². The van der Waals surface area contributed by atoms with Gasteiger partial charge in [0, 0.05) is 55.6 Å². The van der Waals surface area contributed by atoms with Crippen LogP contribution in [0.2, 0.25) is 0 Å². The number of nitrogens with zero attached hydrogens (tertiary/aromatic N) is 3. The SMILES string of the molecule is CCC.CCC(C)c1cn(CC(=O)NCc2ccc3c4c(cccc24)C(C)(O)N3C)c2ccncc12.[HH]. The van der Waals surface area contributed by atoms with Crippen molar-refractivity contribution in [3.05, 3.63) is 71.7 Å². The number of carbonyl (C=O) groups is 1. The van der Waals surface area contributed by atoms with Crippen LogP contribution < -0.4 is 10.2 Å². The van der Waals surface area contributed by atoms with Crippen molar-refractivity contribution in [2.75, 3.05) is 11.9 Å². The van der Waals surface area contributed by atoms with Gasteiger partial charge in [-0.15, -0.1) is 0 Å². The third kappa shape index (κ3) is 4.46.